The third kappa shape index (κ3) is 3.18. The molecule has 0 bridgehead atoms. The lowest BCUT2D eigenvalue weighted by Gasteiger charge is -2.15. The van der Waals surface area contributed by atoms with E-state index in [1.54, 1.807) is 14.2 Å². The molecule has 0 fully saturated rings. The molecule has 3 rings (SSSR count). The number of imidazole rings is 1. The summed E-state index contributed by atoms with van der Waals surface area (Å²) in [6.07, 6.45) is 0.705. The van der Waals surface area contributed by atoms with Gasteiger partial charge < -0.3 is 20.2 Å². The molecule has 5 nitrogen and oxygen atoms in total. The number of nitrogens with two attached hydrogens (primary N) is 1. The van der Waals surface area contributed by atoms with Crippen molar-refractivity contribution in [1.29, 1.82) is 0 Å². The van der Waals surface area contributed by atoms with Gasteiger partial charge in [0.2, 0.25) is 0 Å². The summed E-state index contributed by atoms with van der Waals surface area (Å²) in [4.78, 5) is 8.01. The minimum absolute atomic E-state index is 0.0616. The second kappa shape index (κ2) is 7.11. The molecule has 0 aliphatic rings. The first-order valence-corrected chi connectivity index (χ1v) is 8.09. The molecule has 1 unspecified atom stereocenters. The Morgan fingerprint density at radius 3 is 2.67 bits per heavy atom. The number of ether oxygens (including phenoxy) is 2. The van der Waals surface area contributed by atoms with E-state index in [0.717, 1.165) is 22.4 Å². The summed E-state index contributed by atoms with van der Waals surface area (Å²) < 4.78 is 10.6. The molecule has 1 aromatic heterocycles. The van der Waals surface area contributed by atoms with Gasteiger partial charge in [0.1, 0.15) is 5.82 Å². The van der Waals surface area contributed by atoms with Crippen LogP contribution in [0.3, 0.4) is 0 Å². The van der Waals surface area contributed by atoms with E-state index in [1.165, 1.54) is 0 Å². The Balaban J connectivity index is 1.91. The molecule has 1 atom stereocenters. The van der Waals surface area contributed by atoms with Crippen LogP contribution in [0, 0.1) is 0 Å². The summed E-state index contributed by atoms with van der Waals surface area (Å²) in [5, 5.41) is 0.521. The van der Waals surface area contributed by atoms with Crippen molar-refractivity contribution in [3.05, 3.63) is 52.8 Å². The van der Waals surface area contributed by atoms with E-state index in [-0.39, 0.29) is 5.92 Å². The fourth-order valence-electron chi connectivity index (χ4n) is 2.83. The van der Waals surface area contributed by atoms with Gasteiger partial charge in [-0.15, -0.1) is 0 Å². The van der Waals surface area contributed by atoms with Crippen molar-refractivity contribution in [1.82, 2.24) is 9.97 Å². The van der Waals surface area contributed by atoms with Gasteiger partial charge in [0.25, 0.3) is 0 Å². The van der Waals surface area contributed by atoms with Crippen LogP contribution in [0.15, 0.2) is 36.4 Å². The zero-order chi connectivity index (χ0) is 17.1. The second-order valence-electron chi connectivity index (χ2n) is 5.59. The Morgan fingerprint density at radius 2 is 2.00 bits per heavy atom. The second-order valence-corrected chi connectivity index (χ2v) is 6.00. The number of fused-ring (bicyclic) bond motifs is 1. The van der Waals surface area contributed by atoms with E-state index in [1.807, 2.05) is 36.4 Å². The van der Waals surface area contributed by atoms with Crippen molar-refractivity contribution < 1.29 is 9.47 Å². The summed E-state index contributed by atoms with van der Waals surface area (Å²) in [6.45, 7) is 0.478. The van der Waals surface area contributed by atoms with Crippen molar-refractivity contribution >= 4 is 22.6 Å². The molecule has 3 N–H and O–H groups in total. The number of H-pyrrole nitrogens is 1. The molecule has 0 aliphatic heterocycles. The number of aromatic nitrogens is 2. The highest BCUT2D eigenvalue weighted by Crippen LogP contribution is 2.37. The first-order chi connectivity index (χ1) is 11.7. The van der Waals surface area contributed by atoms with Gasteiger partial charge in [-0.3, -0.25) is 0 Å². The largest absolute Gasteiger partial charge is 0.493 e. The number of hydrogen-bond donors (Lipinski definition) is 2. The molecule has 0 spiro atoms. The molecule has 2 aromatic carbocycles. The number of aromatic amines is 1. The smallest absolute Gasteiger partial charge is 0.179 e. The number of hydrogen-bond acceptors (Lipinski definition) is 4. The van der Waals surface area contributed by atoms with Gasteiger partial charge in [0, 0.05) is 12.5 Å². The van der Waals surface area contributed by atoms with E-state index in [0.29, 0.717) is 29.5 Å². The van der Waals surface area contributed by atoms with Gasteiger partial charge in [0.15, 0.2) is 11.5 Å². The minimum atomic E-state index is 0.0616. The van der Waals surface area contributed by atoms with Crippen LogP contribution >= 0.6 is 11.6 Å². The van der Waals surface area contributed by atoms with Crippen LogP contribution in [0.25, 0.3) is 11.0 Å². The van der Waals surface area contributed by atoms with Gasteiger partial charge >= 0.3 is 0 Å². The van der Waals surface area contributed by atoms with Gasteiger partial charge in [-0.2, -0.15) is 0 Å². The van der Waals surface area contributed by atoms with Gasteiger partial charge in [-0.05, 0) is 36.2 Å². The summed E-state index contributed by atoms with van der Waals surface area (Å²) in [5.74, 6) is 2.09. The third-order valence-corrected chi connectivity index (χ3v) is 4.34. The maximum absolute atomic E-state index is 6.29. The average molecular weight is 346 g/mol. The third-order valence-electron chi connectivity index (χ3n) is 4.05. The summed E-state index contributed by atoms with van der Waals surface area (Å²) in [5.41, 5.74) is 8.96. The normalized spacial score (nSPS) is 12.3. The lowest BCUT2D eigenvalue weighted by atomic mass is 9.98. The number of benzene rings is 2. The Morgan fingerprint density at radius 1 is 1.21 bits per heavy atom. The van der Waals surface area contributed by atoms with E-state index in [2.05, 4.69) is 9.97 Å². The number of rotatable bonds is 6. The van der Waals surface area contributed by atoms with Gasteiger partial charge in [0.05, 0.1) is 30.3 Å². The van der Waals surface area contributed by atoms with Gasteiger partial charge in [-0.25, -0.2) is 4.98 Å². The Kier molecular flexibility index (Phi) is 4.92. The highest BCUT2D eigenvalue weighted by Gasteiger charge is 2.18. The van der Waals surface area contributed by atoms with Crippen LogP contribution in [-0.2, 0) is 6.42 Å². The van der Waals surface area contributed by atoms with Crippen LogP contribution in [0.1, 0.15) is 17.3 Å². The molecule has 6 heteroatoms. The average Bonchev–Trinajstić information content (AvgIpc) is 3.02. The standard InChI is InChI=1S/C18H20ClN3O2/c1-23-16-9-11(8-13(19)17(16)24-2)7-12(10-20)18-21-14-5-3-4-6-15(14)22-18/h3-6,8-9,12H,7,10,20H2,1-2H3,(H,21,22). The summed E-state index contributed by atoms with van der Waals surface area (Å²) in [6, 6.07) is 11.8. The Bertz CT molecular complexity index is 814. The molecule has 0 amide bonds. The number of para-hydroxylation sites is 2. The van der Waals surface area contributed by atoms with Crippen LogP contribution in [0.5, 0.6) is 11.5 Å². The fourth-order valence-corrected chi connectivity index (χ4v) is 3.14. The predicted molar refractivity (Wildman–Crippen MR) is 96.1 cm³/mol. The van der Waals surface area contributed by atoms with Crippen LogP contribution < -0.4 is 15.2 Å². The SMILES string of the molecule is COc1cc(CC(CN)c2nc3ccccc3[nH]2)cc(Cl)c1OC. The molecule has 0 aliphatic carbocycles. The topological polar surface area (TPSA) is 73.2 Å². The molecular weight excluding hydrogens is 326 g/mol. The zero-order valence-corrected chi connectivity index (χ0v) is 14.4. The molecule has 0 saturated carbocycles. The van der Waals surface area contributed by atoms with Gasteiger partial charge in [-0.1, -0.05) is 23.7 Å². The van der Waals surface area contributed by atoms with Crippen molar-refractivity contribution in [2.45, 2.75) is 12.3 Å². The molecule has 1 heterocycles. The fraction of sp³-hybridized carbons (Fsp3) is 0.278. The summed E-state index contributed by atoms with van der Waals surface area (Å²) >= 11 is 6.29. The highest BCUT2D eigenvalue weighted by atomic mass is 35.5. The zero-order valence-electron chi connectivity index (χ0n) is 13.7. The number of nitrogens with zero attached hydrogens (tertiary/aromatic N) is 1. The monoisotopic (exact) mass is 345 g/mol. The van der Waals surface area contributed by atoms with Crippen LogP contribution in [0.4, 0.5) is 0 Å². The van der Waals surface area contributed by atoms with Crippen molar-refractivity contribution in [3.8, 4) is 11.5 Å². The highest BCUT2D eigenvalue weighted by molar-refractivity contribution is 6.32. The van der Waals surface area contributed by atoms with Crippen LogP contribution in [0.2, 0.25) is 5.02 Å². The molecule has 24 heavy (non-hydrogen) atoms. The minimum Gasteiger partial charge on any atom is -0.493 e. The maximum atomic E-state index is 6.29. The van der Waals surface area contributed by atoms with E-state index in [9.17, 15) is 0 Å². The van der Waals surface area contributed by atoms with Crippen molar-refractivity contribution in [2.75, 3.05) is 20.8 Å². The number of halogens is 1. The Hall–Kier alpha value is -2.24. The van der Waals surface area contributed by atoms with E-state index < -0.39 is 0 Å². The quantitative estimate of drug-likeness (QED) is 0.717. The maximum Gasteiger partial charge on any atom is 0.179 e. The Labute approximate surface area is 145 Å². The lowest BCUT2D eigenvalue weighted by molar-refractivity contribution is 0.354. The lowest BCUT2D eigenvalue weighted by Crippen LogP contribution is -2.16. The molecule has 0 radical (unpaired) electrons. The molecule has 3 aromatic rings. The van der Waals surface area contributed by atoms with E-state index in [4.69, 9.17) is 26.8 Å². The predicted octanol–water partition coefficient (Wildman–Crippen LogP) is 3.52. The first-order valence-electron chi connectivity index (χ1n) is 7.71. The molecule has 0 saturated heterocycles. The van der Waals surface area contributed by atoms with E-state index >= 15 is 0 Å². The molecular formula is C18H20ClN3O2. The van der Waals surface area contributed by atoms with Crippen molar-refractivity contribution in [3.63, 3.8) is 0 Å². The van der Waals surface area contributed by atoms with Crippen molar-refractivity contribution in [2.24, 2.45) is 5.73 Å². The first kappa shape index (κ1) is 16.6. The summed E-state index contributed by atoms with van der Waals surface area (Å²) in [7, 11) is 3.16. The molecule has 126 valence electrons. The number of methoxy groups -OCH3 is 2. The van der Waals surface area contributed by atoms with Crippen LogP contribution in [-0.4, -0.2) is 30.7 Å². The number of nitrogens with one attached hydrogen (secondary N) is 1.